The zero-order valence-electron chi connectivity index (χ0n) is 19.9. The number of likely N-dealkylation sites (tertiary alicyclic amines) is 1. The molecule has 1 N–H and O–H groups in total. The van der Waals surface area contributed by atoms with Gasteiger partial charge in [0.2, 0.25) is 5.43 Å². The van der Waals surface area contributed by atoms with Crippen molar-refractivity contribution in [1.82, 2.24) is 14.8 Å². The first-order valence-corrected chi connectivity index (χ1v) is 12.5. The van der Waals surface area contributed by atoms with Crippen molar-refractivity contribution in [3.63, 3.8) is 0 Å². The van der Waals surface area contributed by atoms with Gasteiger partial charge in [0.05, 0.1) is 0 Å². The smallest absolute Gasteiger partial charge is 0.259 e. The summed E-state index contributed by atoms with van der Waals surface area (Å²) in [6.07, 6.45) is 8.09. The van der Waals surface area contributed by atoms with E-state index >= 15 is 0 Å². The Bertz CT molecular complexity index is 1240. The fourth-order valence-corrected chi connectivity index (χ4v) is 4.83. The number of rotatable bonds is 7. The molecule has 2 fully saturated rings. The first kappa shape index (κ1) is 23.1. The van der Waals surface area contributed by atoms with E-state index in [4.69, 9.17) is 0 Å². The van der Waals surface area contributed by atoms with Crippen LogP contribution in [0.2, 0.25) is 0 Å². The minimum absolute atomic E-state index is 0.0395. The lowest BCUT2D eigenvalue weighted by molar-refractivity contribution is 0.0688. The largest absolute Gasteiger partial charge is 0.349 e. The highest BCUT2D eigenvalue weighted by Gasteiger charge is 2.30. The summed E-state index contributed by atoms with van der Waals surface area (Å²) in [4.78, 5) is 41.4. The second-order valence-corrected chi connectivity index (χ2v) is 9.69. The minimum atomic E-state index is -0.483. The molecule has 2 aromatic carbocycles. The van der Waals surface area contributed by atoms with Gasteiger partial charge in [-0.15, -0.1) is 0 Å². The lowest BCUT2D eigenvalue weighted by Crippen LogP contribution is -2.42. The number of piperidine rings is 1. The Hall–Kier alpha value is -3.67. The fraction of sp³-hybridized carbons (Fsp3) is 0.345. The molecule has 0 radical (unpaired) electrons. The van der Waals surface area contributed by atoms with Crippen LogP contribution in [-0.2, 0) is 13.0 Å². The van der Waals surface area contributed by atoms with Crippen LogP contribution in [0.25, 0.3) is 0 Å². The van der Waals surface area contributed by atoms with Gasteiger partial charge < -0.3 is 14.8 Å². The highest BCUT2D eigenvalue weighted by Crippen LogP contribution is 2.34. The van der Waals surface area contributed by atoms with E-state index in [0.717, 1.165) is 37.7 Å². The van der Waals surface area contributed by atoms with Crippen LogP contribution in [0.5, 0.6) is 0 Å². The molecule has 1 saturated carbocycles. The van der Waals surface area contributed by atoms with E-state index in [1.807, 2.05) is 41.0 Å². The highest BCUT2D eigenvalue weighted by atomic mass is 16.2. The number of carbonyl (C=O) groups is 2. The maximum absolute atomic E-state index is 13.4. The van der Waals surface area contributed by atoms with Crippen LogP contribution in [0, 0.1) is 5.92 Å². The third kappa shape index (κ3) is 5.53. The normalized spacial score (nSPS) is 16.2. The summed E-state index contributed by atoms with van der Waals surface area (Å²) in [6.45, 7) is 1.59. The van der Waals surface area contributed by atoms with Gasteiger partial charge in [0.15, 0.2) is 0 Å². The van der Waals surface area contributed by atoms with Crippen molar-refractivity contribution >= 4 is 11.8 Å². The summed E-state index contributed by atoms with van der Waals surface area (Å²) in [5.41, 5.74) is 1.93. The Morgan fingerprint density at radius 2 is 1.40 bits per heavy atom. The van der Waals surface area contributed by atoms with Gasteiger partial charge in [0, 0.05) is 38.1 Å². The fourth-order valence-electron chi connectivity index (χ4n) is 4.83. The number of hydrogen-bond donors (Lipinski definition) is 1. The summed E-state index contributed by atoms with van der Waals surface area (Å²) in [6, 6.07) is 20.2. The molecule has 0 spiro atoms. The van der Waals surface area contributed by atoms with E-state index in [9.17, 15) is 14.4 Å². The van der Waals surface area contributed by atoms with Gasteiger partial charge in [-0.25, -0.2) is 0 Å². The van der Waals surface area contributed by atoms with Crippen molar-refractivity contribution in [2.75, 3.05) is 13.1 Å². The molecule has 6 nitrogen and oxygen atoms in total. The molecule has 1 aromatic heterocycles. The minimum Gasteiger partial charge on any atom is -0.349 e. The van der Waals surface area contributed by atoms with Gasteiger partial charge >= 0.3 is 0 Å². The van der Waals surface area contributed by atoms with E-state index in [2.05, 4.69) is 29.6 Å². The molecular weight excluding hydrogens is 438 g/mol. The summed E-state index contributed by atoms with van der Waals surface area (Å²) >= 11 is 0. The van der Waals surface area contributed by atoms with Gasteiger partial charge in [-0.2, -0.15) is 0 Å². The maximum atomic E-state index is 13.4. The Balaban J connectivity index is 1.30. The van der Waals surface area contributed by atoms with E-state index in [0.29, 0.717) is 25.6 Å². The lowest BCUT2D eigenvalue weighted by Gasteiger charge is -2.32. The lowest BCUT2D eigenvalue weighted by atomic mass is 9.90. The molecule has 2 aliphatic rings. The summed E-state index contributed by atoms with van der Waals surface area (Å²) < 4.78 is 1.88. The van der Waals surface area contributed by atoms with E-state index in [-0.39, 0.29) is 23.1 Å². The van der Waals surface area contributed by atoms with Crippen molar-refractivity contribution in [2.24, 2.45) is 5.92 Å². The predicted octanol–water partition coefficient (Wildman–Crippen LogP) is 4.21. The molecule has 0 atom stereocenters. The zero-order valence-corrected chi connectivity index (χ0v) is 19.9. The van der Waals surface area contributed by atoms with Gasteiger partial charge in [0.1, 0.15) is 11.1 Å². The first-order valence-electron chi connectivity index (χ1n) is 12.5. The maximum Gasteiger partial charge on any atom is 0.259 e. The molecule has 1 aliphatic heterocycles. The van der Waals surface area contributed by atoms with Crippen LogP contribution >= 0.6 is 0 Å². The predicted molar refractivity (Wildman–Crippen MR) is 135 cm³/mol. The molecule has 2 heterocycles. The number of carbonyl (C=O) groups excluding carboxylic acids is 2. The molecule has 2 amide bonds. The van der Waals surface area contributed by atoms with E-state index in [1.165, 1.54) is 5.56 Å². The van der Waals surface area contributed by atoms with Crippen LogP contribution < -0.4 is 10.7 Å². The van der Waals surface area contributed by atoms with Crippen LogP contribution in [0.15, 0.2) is 77.9 Å². The Labute approximate surface area is 205 Å². The van der Waals surface area contributed by atoms with E-state index in [1.54, 1.807) is 17.3 Å². The second kappa shape index (κ2) is 10.3. The topological polar surface area (TPSA) is 71.4 Å². The number of amides is 2. The quantitative estimate of drug-likeness (QED) is 0.564. The molecule has 35 heavy (non-hydrogen) atoms. The number of hydrogen-bond acceptors (Lipinski definition) is 3. The monoisotopic (exact) mass is 469 g/mol. The molecule has 0 bridgehead atoms. The number of pyridine rings is 1. The number of nitrogens with one attached hydrogen (secondary N) is 1. The zero-order chi connectivity index (χ0) is 24.2. The number of benzene rings is 2. The van der Waals surface area contributed by atoms with Gasteiger partial charge in [-0.05, 0) is 49.1 Å². The average molecular weight is 470 g/mol. The van der Waals surface area contributed by atoms with Crippen molar-refractivity contribution in [1.29, 1.82) is 0 Å². The molecule has 180 valence electrons. The Kier molecular flexibility index (Phi) is 6.80. The molecule has 6 heteroatoms. The van der Waals surface area contributed by atoms with Crippen molar-refractivity contribution in [3.8, 4) is 0 Å². The SMILES string of the molecule is O=C(NCc1ccccc1)c1cn(C2CC2)cc(C(=O)N2CCC(Cc3ccccc3)CC2)c1=O. The second-order valence-electron chi connectivity index (χ2n) is 9.69. The summed E-state index contributed by atoms with van der Waals surface area (Å²) in [5, 5.41) is 2.84. The molecule has 5 rings (SSSR count). The first-order chi connectivity index (χ1) is 17.1. The number of nitrogens with zero attached hydrogens (tertiary/aromatic N) is 2. The van der Waals surface area contributed by atoms with Crippen molar-refractivity contribution in [2.45, 2.75) is 44.7 Å². The summed E-state index contributed by atoms with van der Waals surface area (Å²) in [7, 11) is 0. The van der Waals surface area contributed by atoms with Crippen LogP contribution in [0.4, 0.5) is 0 Å². The van der Waals surface area contributed by atoms with E-state index < -0.39 is 11.3 Å². The van der Waals surface area contributed by atoms with Crippen molar-refractivity contribution in [3.05, 3.63) is 106 Å². The summed E-state index contributed by atoms with van der Waals surface area (Å²) in [5.74, 6) is -0.176. The molecular formula is C29H31N3O3. The van der Waals surface area contributed by atoms with Crippen LogP contribution in [-0.4, -0.2) is 34.4 Å². The molecule has 0 unspecified atom stereocenters. The average Bonchev–Trinajstić information content (AvgIpc) is 3.74. The Morgan fingerprint density at radius 3 is 2.03 bits per heavy atom. The number of aromatic nitrogens is 1. The molecule has 3 aromatic rings. The molecule has 1 saturated heterocycles. The van der Waals surface area contributed by atoms with Gasteiger partial charge in [-0.3, -0.25) is 14.4 Å². The van der Waals surface area contributed by atoms with Gasteiger partial charge in [-0.1, -0.05) is 60.7 Å². The van der Waals surface area contributed by atoms with Crippen LogP contribution in [0.1, 0.15) is 63.6 Å². The third-order valence-electron chi connectivity index (χ3n) is 7.05. The van der Waals surface area contributed by atoms with Crippen LogP contribution in [0.3, 0.4) is 0 Å². The molecule has 1 aliphatic carbocycles. The Morgan fingerprint density at radius 1 is 0.800 bits per heavy atom. The standard InChI is InChI=1S/C29H31N3O3/c33-27-25(28(34)30-18-23-9-5-2-6-10-23)19-32(24-11-12-24)20-26(27)29(35)31-15-13-22(14-16-31)17-21-7-3-1-4-8-21/h1-10,19-20,22,24H,11-18H2,(H,30,34). The van der Waals surface area contributed by atoms with Crippen molar-refractivity contribution < 1.29 is 9.59 Å². The highest BCUT2D eigenvalue weighted by molar-refractivity contribution is 5.99. The van der Waals surface area contributed by atoms with Gasteiger partial charge in [0.25, 0.3) is 11.8 Å². The third-order valence-corrected chi connectivity index (χ3v) is 7.05.